The number of para-hydroxylation sites is 1. The van der Waals surface area contributed by atoms with Gasteiger partial charge in [0.1, 0.15) is 17.4 Å². The molecule has 4 heteroatoms. The standard InChI is InChI=1S/C17H22N2O2/c1-17(2)9-12-5-3-7-14(16(12)21-17)15(10-18)19-11-13-6-4-8-20-13/h3,5,7,13,15,19H,4,6,8-9,11H2,1-2H3. The molecule has 21 heavy (non-hydrogen) atoms. The molecular weight excluding hydrogens is 264 g/mol. The number of nitriles is 1. The molecule has 1 saturated heterocycles. The first-order valence-electron chi connectivity index (χ1n) is 7.64. The summed E-state index contributed by atoms with van der Waals surface area (Å²) in [5.74, 6) is 0.883. The van der Waals surface area contributed by atoms with Gasteiger partial charge in [-0.25, -0.2) is 0 Å². The molecule has 1 aromatic rings. The zero-order valence-corrected chi connectivity index (χ0v) is 12.7. The fourth-order valence-corrected chi connectivity index (χ4v) is 3.15. The molecule has 2 heterocycles. The number of benzene rings is 1. The molecule has 0 spiro atoms. The summed E-state index contributed by atoms with van der Waals surface area (Å²) in [6.07, 6.45) is 3.30. The Morgan fingerprint density at radius 3 is 3.05 bits per heavy atom. The van der Waals surface area contributed by atoms with Crippen molar-refractivity contribution in [2.24, 2.45) is 0 Å². The maximum absolute atomic E-state index is 9.51. The van der Waals surface area contributed by atoms with Crippen molar-refractivity contribution in [2.75, 3.05) is 13.2 Å². The van der Waals surface area contributed by atoms with Crippen LogP contribution in [0.25, 0.3) is 0 Å². The molecule has 0 amide bonds. The van der Waals surface area contributed by atoms with Crippen LogP contribution in [0.1, 0.15) is 43.9 Å². The number of fused-ring (bicyclic) bond motifs is 1. The van der Waals surface area contributed by atoms with E-state index in [1.165, 1.54) is 5.56 Å². The third-order valence-corrected chi connectivity index (χ3v) is 4.14. The Labute approximate surface area is 126 Å². The summed E-state index contributed by atoms with van der Waals surface area (Å²) >= 11 is 0. The van der Waals surface area contributed by atoms with Crippen LogP contribution < -0.4 is 10.1 Å². The molecule has 1 N–H and O–H groups in total. The highest BCUT2D eigenvalue weighted by molar-refractivity contribution is 5.48. The minimum Gasteiger partial charge on any atom is -0.487 e. The van der Waals surface area contributed by atoms with Crippen LogP contribution in [0.5, 0.6) is 5.75 Å². The topological polar surface area (TPSA) is 54.3 Å². The third kappa shape index (κ3) is 3.04. The molecule has 0 aromatic heterocycles. The molecule has 2 unspecified atom stereocenters. The molecule has 2 aliphatic rings. The minimum absolute atomic E-state index is 0.187. The summed E-state index contributed by atoms with van der Waals surface area (Å²) < 4.78 is 11.7. The largest absolute Gasteiger partial charge is 0.487 e. The molecular formula is C17H22N2O2. The Kier molecular flexibility index (Phi) is 3.88. The molecule has 0 bridgehead atoms. The average molecular weight is 286 g/mol. The summed E-state index contributed by atoms with van der Waals surface area (Å²) in [5, 5.41) is 12.8. The van der Waals surface area contributed by atoms with E-state index >= 15 is 0 Å². The van der Waals surface area contributed by atoms with Gasteiger partial charge in [0, 0.05) is 25.1 Å². The molecule has 1 aromatic carbocycles. The summed E-state index contributed by atoms with van der Waals surface area (Å²) in [4.78, 5) is 0. The van der Waals surface area contributed by atoms with E-state index in [4.69, 9.17) is 9.47 Å². The number of nitrogens with one attached hydrogen (secondary N) is 1. The fourth-order valence-electron chi connectivity index (χ4n) is 3.15. The first-order chi connectivity index (χ1) is 10.1. The van der Waals surface area contributed by atoms with E-state index < -0.39 is 0 Å². The molecule has 112 valence electrons. The highest BCUT2D eigenvalue weighted by Crippen LogP contribution is 2.39. The van der Waals surface area contributed by atoms with Crippen molar-refractivity contribution in [1.82, 2.24) is 5.32 Å². The molecule has 4 nitrogen and oxygen atoms in total. The summed E-state index contributed by atoms with van der Waals surface area (Å²) in [7, 11) is 0. The van der Waals surface area contributed by atoms with Crippen LogP contribution in [0.2, 0.25) is 0 Å². The van der Waals surface area contributed by atoms with Crippen LogP contribution in [0.15, 0.2) is 18.2 Å². The third-order valence-electron chi connectivity index (χ3n) is 4.14. The highest BCUT2D eigenvalue weighted by Gasteiger charge is 2.33. The van der Waals surface area contributed by atoms with E-state index in [1.807, 2.05) is 12.1 Å². The molecule has 3 rings (SSSR count). The Morgan fingerprint density at radius 2 is 2.33 bits per heavy atom. The Bertz CT molecular complexity index is 556. The summed E-state index contributed by atoms with van der Waals surface area (Å²) in [5.41, 5.74) is 1.95. The van der Waals surface area contributed by atoms with Crippen LogP contribution in [0.4, 0.5) is 0 Å². The first-order valence-corrected chi connectivity index (χ1v) is 7.64. The Hall–Kier alpha value is -1.57. The van der Waals surface area contributed by atoms with E-state index in [2.05, 4.69) is 31.3 Å². The molecule has 1 fully saturated rings. The maximum Gasteiger partial charge on any atom is 0.129 e. The van der Waals surface area contributed by atoms with Gasteiger partial charge in [-0.2, -0.15) is 5.26 Å². The number of nitrogens with zero attached hydrogens (tertiary/aromatic N) is 1. The van der Waals surface area contributed by atoms with Crippen LogP contribution in [-0.2, 0) is 11.2 Å². The monoisotopic (exact) mass is 286 g/mol. The average Bonchev–Trinajstić information content (AvgIpc) is 3.05. The van der Waals surface area contributed by atoms with Gasteiger partial charge < -0.3 is 9.47 Å². The minimum atomic E-state index is -0.349. The van der Waals surface area contributed by atoms with Gasteiger partial charge in [0.05, 0.1) is 12.2 Å². The first kappa shape index (κ1) is 14.4. The van der Waals surface area contributed by atoms with E-state index in [0.29, 0.717) is 6.54 Å². The number of hydrogen-bond donors (Lipinski definition) is 1. The van der Waals surface area contributed by atoms with Crippen molar-refractivity contribution in [1.29, 1.82) is 5.26 Å². The van der Waals surface area contributed by atoms with Crippen molar-refractivity contribution >= 4 is 0 Å². The number of hydrogen-bond acceptors (Lipinski definition) is 4. The quantitative estimate of drug-likeness (QED) is 0.924. The van der Waals surface area contributed by atoms with E-state index in [9.17, 15) is 5.26 Å². The number of ether oxygens (including phenoxy) is 2. The predicted molar refractivity (Wildman–Crippen MR) is 80.2 cm³/mol. The predicted octanol–water partition coefficient (Wildman–Crippen LogP) is 2.73. The normalized spacial score (nSPS) is 24.1. The zero-order valence-electron chi connectivity index (χ0n) is 12.7. The van der Waals surface area contributed by atoms with Gasteiger partial charge in [-0.15, -0.1) is 0 Å². The van der Waals surface area contributed by atoms with Crippen molar-refractivity contribution in [3.63, 3.8) is 0 Å². The lowest BCUT2D eigenvalue weighted by Crippen LogP contribution is -2.30. The van der Waals surface area contributed by atoms with Crippen molar-refractivity contribution in [2.45, 2.75) is 50.9 Å². The van der Waals surface area contributed by atoms with Crippen molar-refractivity contribution in [3.8, 4) is 11.8 Å². The highest BCUT2D eigenvalue weighted by atomic mass is 16.5. The lowest BCUT2D eigenvalue weighted by Gasteiger charge is -2.20. The fraction of sp³-hybridized carbons (Fsp3) is 0.588. The SMILES string of the molecule is CC1(C)Cc2cccc(C(C#N)NCC3CCCO3)c2O1. The summed E-state index contributed by atoms with van der Waals surface area (Å²) in [6, 6.07) is 8.08. The second kappa shape index (κ2) is 5.67. The van der Waals surface area contributed by atoms with Crippen LogP contribution in [0.3, 0.4) is 0 Å². The van der Waals surface area contributed by atoms with Gasteiger partial charge in [0.2, 0.25) is 0 Å². The van der Waals surface area contributed by atoms with E-state index in [1.54, 1.807) is 0 Å². The van der Waals surface area contributed by atoms with Gasteiger partial charge in [0.15, 0.2) is 0 Å². The van der Waals surface area contributed by atoms with Crippen molar-refractivity contribution < 1.29 is 9.47 Å². The van der Waals surface area contributed by atoms with Crippen molar-refractivity contribution in [3.05, 3.63) is 29.3 Å². The van der Waals surface area contributed by atoms with Crippen LogP contribution in [-0.4, -0.2) is 24.9 Å². The molecule has 0 aliphatic carbocycles. The maximum atomic E-state index is 9.51. The Balaban J connectivity index is 1.76. The van der Waals surface area contributed by atoms with E-state index in [-0.39, 0.29) is 17.7 Å². The van der Waals surface area contributed by atoms with Gasteiger partial charge >= 0.3 is 0 Å². The molecule has 2 atom stereocenters. The number of rotatable bonds is 4. The Morgan fingerprint density at radius 1 is 1.48 bits per heavy atom. The smallest absolute Gasteiger partial charge is 0.129 e. The second-order valence-electron chi connectivity index (χ2n) is 6.48. The van der Waals surface area contributed by atoms with Crippen LogP contribution >= 0.6 is 0 Å². The lowest BCUT2D eigenvalue weighted by atomic mass is 9.98. The van der Waals surface area contributed by atoms with E-state index in [0.717, 1.165) is 37.2 Å². The van der Waals surface area contributed by atoms with Crippen LogP contribution in [0, 0.1) is 11.3 Å². The van der Waals surface area contributed by atoms with Gasteiger partial charge in [-0.05, 0) is 32.3 Å². The van der Waals surface area contributed by atoms with Gasteiger partial charge in [-0.3, -0.25) is 5.32 Å². The molecule has 0 radical (unpaired) electrons. The zero-order chi connectivity index (χ0) is 14.9. The lowest BCUT2D eigenvalue weighted by molar-refractivity contribution is 0.108. The van der Waals surface area contributed by atoms with Gasteiger partial charge in [-0.1, -0.05) is 18.2 Å². The summed E-state index contributed by atoms with van der Waals surface area (Å²) in [6.45, 7) is 5.71. The second-order valence-corrected chi connectivity index (χ2v) is 6.48. The molecule has 0 saturated carbocycles. The molecule has 2 aliphatic heterocycles. The van der Waals surface area contributed by atoms with Gasteiger partial charge in [0.25, 0.3) is 0 Å².